The smallest absolute Gasteiger partial charge is 0.243 e. The zero-order chi connectivity index (χ0) is 17.5. The number of aryl methyl sites for hydroxylation is 1. The molecule has 0 aliphatic carbocycles. The van der Waals surface area contributed by atoms with Gasteiger partial charge in [0.1, 0.15) is 6.54 Å². The third-order valence-corrected chi connectivity index (χ3v) is 4.14. The lowest BCUT2D eigenvalue weighted by molar-refractivity contribution is -0.127. The quantitative estimate of drug-likeness (QED) is 0.401. The Balaban J connectivity index is 0.00000312. The Morgan fingerprint density at radius 1 is 1.32 bits per heavy atom. The first-order chi connectivity index (χ1) is 11.5. The lowest BCUT2D eigenvalue weighted by Crippen LogP contribution is -2.45. The fraction of sp³-hybridized carbons (Fsp3) is 0.556. The van der Waals surface area contributed by atoms with Crippen molar-refractivity contribution in [3.63, 3.8) is 0 Å². The van der Waals surface area contributed by atoms with E-state index in [-0.39, 0.29) is 36.4 Å². The third-order valence-electron chi connectivity index (χ3n) is 4.14. The van der Waals surface area contributed by atoms with Crippen LogP contribution in [0.5, 0.6) is 0 Å². The van der Waals surface area contributed by atoms with Gasteiger partial charge in [-0.05, 0) is 32.4 Å². The van der Waals surface area contributed by atoms with Crippen LogP contribution in [-0.2, 0) is 4.79 Å². The standard InChI is InChI=1S/C18H29N5O.HI/c1-5-19-18(20-12-17(24)22(3)4)21-15-10-11-23(13-15)16-8-6-14(2)7-9-16;/h6-9,15H,5,10-13H2,1-4H3,(H2,19,20,21);1H. The Kier molecular flexibility index (Phi) is 9.02. The highest BCUT2D eigenvalue weighted by molar-refractivity contribution is 14.0. The minimum atomic E-state index is -0.0000862. The summed E-state index contributed by atoms with van der Waals surface area (Å²) in [5.41, 5.74) is 2.54. The molecule has 2 N–H and O–H groups in total. The molecule has 1 heterocycles. The predicted octanol–water partition coefficient (Wildman–Crippen LogP) is 1.84. The number of halogens is 1. The molecule has 1 aliphatic rings. The van der Waals surface area contributed by atoms with Crippen LogP contribution in [0.4, 0.5) is 5.69 Å². The summed E-state index contributed by atoms with van der Waals surface area (Å²) in [6.45, 7) is 7.03. The first-order valence-electron chi connectivity index (χ1n) is 8.56. The first-order valence-corrected chi connectivity index (χ1v) is 8.56. The molecule has 1 aliphatic heterocycles. The van der Waals surface area contributed by atoms with Gasteiger partial charge in [0.2, 0.25) is 5.91 Å². The summed E-state index contributed by atoms with van der Waals surface area (Å²) < 4.78 is 0. The number of likely N-dealkylation sites (N-methyl/N-ethyl adjacent to an activating group) is 1. The Labute approximate surface area is 168 Å². The molecule has 6 nitrogen and oxygen atoms in total. The first kappa shape index (κ1) is 21.5. The maximum atomic E-state index is 11.7. The van der Waals surface area contributed by atoms with Crippen molar-refractivity contribution in [1.29, 1.82) is 0 Å². The molecule has 1 aromatic carbocycles. The summed E-state index contributed by atoms with van der Waals surface area (Å²) in [4.78, 5) is 20.0. The van der Waals surface area contributed by atoms with E-state index in [0.29, 0.717) is 12.0 Å². The van der Waals surface area contributed by atoms with Gasteiger partial charge < -0.3 is 20.4 Å². The van der Waals surface area contributed by atoms with E-state index in [2.05, 4.69) is 51.7 Å². The molecule has 0 radical (unpaired) electrons. The van der Waals surface area contributed by atoms with Crippen molar-refractivity contribution in [3.8, 4) is 0 Å². The van der Waals surface area contributed by atoms with Crippen LogP contribution in [0, 0.1) is 6.92 Å². The van der Waals surface area contributed by atoms with Crippen LogP contribution in [0.3, 0.4) is 0 Å². The normalized spacial score (nSPS) is 17.0. The summed E-state index contributed by atoms with van der Waals surface area (Å²) in [5, 5.41) is 6.66. The second-order valence-corrected chi connectivity index (χ2v) is 6.39. The van der Waals surface area contributed by atoms with Crippen molar-refractivity contribution >= 4 is 41.5 Å². The summed E-state index contributed by atoms with van der Waals surface area (Å²) in [6, 6.07) is 8.97. The van der Waals surface area contributed by atoms with E-state index in [1.807, 2.05) is 6.92 Å². The van der Waals surface area contributed by atoms with Crippen molar-refractivity contribution < 1.29 is 4.79 Å². The van der Waals surface area contributed by atoms with Crippen molar-refractivity contribution in [1.82, 2.24) is 15.5 Å². The monoisotopic (exact) mass is 459 g/mol. The predicted molar refractivity (Wildman–Crippen MR) is 115 cm³/mol. The maximum absolute atomic E-state index is 11.7. The van der Waals surface area contributed by atoms with Crippen molar-refractivity contribution in [2.75, 3.05) is 45.2 Å². The molecule has 1 unspecified atom stereocenters. The molecule has 1 saturated heterocycles. The molecule has 1 aromatic rings. The van der Waals surface area contributed by atoms with Gasteiger partial charge in [-0.1, -0.05) is 17.7 Å². The molecule has 2 rings (SSSR count). The molecular formula is C18H30IN5O. The highest BCUT2D eigenvalue weighted by atomic mass is 127. The molecule has 1 fully saturated rings. The van der Waals surface area contributed by atoms with Crippen molar-refractivity contribution in [2.45, 2.75) is 26.3 Å². The highest BCUT2D eigenvalue weighted by Crippen LogP contribution is 2.20. The number of hydrogen-bond donors (Lipinski definition) is 2. The van der Waals surface area contributed by atoms with E-state index in [1.54, 1.807) is 19.0 Å². The van der Waals surface area contributed by atoms with Crippen LogP contribution in [-0.4, -0.2) is 63.1 Å². The van der Waals surface area contributed by atoms with E-state index in [4.69, 9.17) is 0 Å². The van der Waals surface area contributed by atoms with Crippen LogP contribution >= 0.6 is 24.0 Å². The topological polar surface area (TPSA) is 60.0 Å². The molecule has 140 valence electrons. The van der Waals surface area contributed by atoms with E-state index in [0.717, 1.165) is 26.1 Å². The second-order valence-electron chi connectivity index (χ2n) is 6.39. The van der Waals surface area contributed by atoms with Gasteiger partial charge in [-0.2, -0.15) is 0 Å². The number of amides is 1. The molecule has 0 aromatic heterocycles. The Hall–Kier alpha value is -1.51. The van der Waals surface area contributed by atoms with Gasteiger partial charge in [0.25, 0.3) is 0 Å². The van der Waals surface area contributed by atoms with Gasteiger partial charge >= 0.3 is 0 Å². The van der Waals surface area contributed by atoms with Crippen LogP contribution in [0.1, 0.15) is 18.9 Å². The molecular weight excluding hydrogens is 429 g/mol. The fourth-order valence-electron chi connectivity index (χ4n) is 2.67. The Morgan fingerprint density at radius 2 is 2.00 bits per heavy atom. The number of hydrogen-bond acceptors (Lipinski definition) is 3. The van der Waals surface area contributed by atoms with Crippen molar-refractivity contribution in [2.24, 2.45) is 4.99 Å². The number of nitrogens with zero attached hydrogens (tertiary/aromatic N) is 3. The summed E-state index contributed by atoms with van der Waals surface area (Å²) in [5.74, 6) is 0.711. The number of aliphatic imine (C=N–C) groups is 1. The van der Waals surface area contributed by atoms with E-state index >= 15 is 0 Å². The minimum Gasteiger partial charge on any atom is -0.369 e. The number of anilines is 1. The zero-order valence-electron chi connectivity index (χ0n) is 15.6. The Bertz CT molecular complexity index is 573. The fourth-order valence-corrected chi connectivity index (χ4v) is 2.67. The van der Waals surface area contributed by atoms with Crippen LogP contribution < -0.4 is 15.5 Å². The van der Waals surface area contributed by atoms with E-state index in [1.165, 1.54) is 11.3 Å². The number of guanidine groups is 1. The molecule has 1 amide bonds. The van der Waals surface area contributed by atoms with Gasteiger partial charge in [-0.25, -0.2) is 4.99 Å². The van der Waals surface area contributed by atoms with Gasteiger partial charge in [-0.15, -0.1) is 24.0 Å². The number of benzene rings is 1. The van der Waals surface area contributed by atoms with Crippen LogP contribution in [0.15, 0.2) is 29.3 Å². The largest absolute Gasteiger partial charge is 0.369 e. The minimum absolute atomic E-state index is 0. The average Bonchev–Trinajstić information content (AvgIpc) is 3.01. The zero-order valence-corrected chi connectivity index (χ0v) is 17.9. The van der Waals surface area contributed by atoms with Crippen LogP contribution in [0.25, 0.3) is 0 Å². The second kappa shape index (κ2) is 10.5. The lowest BCUT2D eigenvalue weighted by Gasteiger charge is -2.20. The number of nitrogens with one attached hydrogen (secondary N) is 2. The van der Waals surface area contributed by atoms with Crippen molar-refractivity contribution in [3.05, 3.63) is 29.8 Å². The number of rotatable bonds is 5. The molecule has 1 atom stereocenters. The number of carbonyl (C=O) groups excluding carboxylic acids is 1. The molecule has 0 spiro atoms. The van der Waals surface area contributed by atoms with Gasteiger partial charge in [-0.3, -0.25) is 4.79 Å². The molecule has 0 bridgehead atoms. The molecule has 25 heavy (non-hydrogen) atoms. The number of carbonyl (C=O) groups is 1. The summed E-state index contributed by atoms with van der Waals surface area (Å²) in [6.07, 6.45) is 1.06. The lowest BCUT2D eigenvalue weighted by atomic mass is 10.2. The average molecular weight is 459 g/mol. The molecule has 0 saturated carbocycles. The van der Waals surface area contributed by atoms with Gasteiger partial charge in [0, 0.05) is 45.5 Å². The maximum Gasteiger partial charge on any atom is 0.243 e. The SMILES string of the molecule is CCNC(=NCC(=O)N(C)C)NC1CCN(c2ccc(C)cc2)C1.I. The van der Waals surface area contributed by atoms with E-state index in [9.17, 15) is 4.79 Å². The highest BCUT2D eigenvalue weighted by Gasteiger charge is 2.23. The summed E-state index contributed by atoms with van der Waals surface area (Å²) in [7, 11) is 3.49. The van der Waals surface area contributed by atoms with E-state index < -0.39 is 0 Å². The third kappa shape index (κ3) is 6.72. The van der Waals surface area contributed by atoms with Gasteiger partial charge in [0.05, 0.1) is 0 Å². The molecule has 7 heteroatoms. The summed E-state index contributed by atoms with van der Waals surface area (Å²) >= 11 is 0. The van der Waals surface area contributed by atoms with Gasteiger partial charge in [0.15, 0.2) is 5.96 Å². The van der Waals surface area contributed by atoms with Crippen LogP contribution in [0.2, 0.25) is 0 Å². The Morgan fingerprint density at radius 3 is 2.60 bits per heavy atom.